The number of nitrogens with zero attached hydrogens (tertiary/aromatic N) is 3. The van der Waals surface area contributed by atoms with E-state index in [2.05, 4.69) is 10.5 Å². The van der Waals surface area contributed by atoms with Gasteiger partial charge in [0.2, 0.25) is 5.91 Å². The van der Waals surface area contributed by atoms with Crippen LogP contribution in [0.2, 0.25) is 5.02 Å². The van der Waals surface area contributed by atoms with E-state index in [-0.39, 0.29) is 12.4 Å². The number of rotatable bonds is 4. The quantitative estimate of drug-likeness (QED) is 0.551. The maximum atomic E-state index is 13.1. The van der Waals surface area contributed by atoms with Crippen LogP contribution in [0.3, 0.4) is 0 Å². The van der Waals surface area contributed by atoms with Crippen molar-refractivity contribution in [2.24, 2.45) is 0 Å². The van der Waals surface area contributed by atoms with Crippen LogP contribution in [0.5, 0.6) is 0 Å². The third kappa shape index (κ3) is 3.25. The number of halogens is 1. The van der Waals surface area contributed by atoms with Gasteiger partial charge < -0.3 is 9.84 Å². The summed E-state index contributed by atoms with van der Waals surface area (Å²) < 4.78 is 7.57. The molecule has 142 valence electrons. The first-order chi connectivity index (χ1) is 13.4. The van der Waals surface area contributed by atoms with E-state index in [4.69, 9.17) is 16.1 Å². The Morgan fingerprint density at radius 2 is 2.00 bits per heavy atom. The van der Waals surface area contributed by atoms with Gasteiger partial charge in [0.25, 0.3) is 5.56 Å². The van der Waals surface area contributed by atoms with Crippen molar-refractivity contribution in [2.45, 2.75) is 13.5 Å². The van der Waals surface area contributed by atoms with Gasteiger partial charge in [0.05, 0.1) is 11.2 Å². The fourth-order valence-corrected chi connectivity index (χ4v) is 3.76. The fraction of sp³-hybridized carbons (Fsp3) is 0.111. The van der Waals surface area contributed by atoms with Crippen molar-refractivity contribution in [1.29, 1.82) is 0 Å². The van der Waals surface area contributed by atoms with Crippen LogP contribution in [0.25, 0.3) is 15.9 Å². The molecule has 8 nitrogen and oxygen atoms in total. The predicted molar refractivity (Wildman–Crippen MR) is 107 cm³/mol. The Morgan fingerprint density at radius 1 is 1.25 bits per heavy atom. The van der Waals surface area contributed by atoms with Crippen LogP contribution < -0.4 is 16.6 Å². The lowest BCUT2D eigenvalue weighted by molar-refractivity contribution is -0.116. The number of hydrogen-bond donors (Lipinski definition) is 1. The van der Waals surface area contributed by atoms with E-state index >= 15 is 0 Å². The lowest BCUT2D eigenvalue weighted by Gasteiger charge is -2.12. The van der Waals surface area contributed by atoms with Gasteiger partial charge in [0.15, 0.2) is 5.82 Å². The molecule has 0 saturated carbocycles. The minimum atomic E-state index is -0.621. The standard InChI is InChI=1S/C18H13ClN4O4S/c1-10-8-14(21-27-10)20-15(24)9-22-13-6-7-28-16(13)17(25)23(18(22)26)12-4-2-11(19)3-5-12/h2-8H,9H2,1H3,(H,20,21,24). The van der Waals surface area contributed by atoms with E-state index < -0.39 is 17.2 Å². The maximum Gasteiger partial charge on any atom is 0.336 e. The van der Waals surface area contributed by atoms with Crippen molar-refractivity contribution < 1.29 is 9.32 Å². The number of anilines is 1. The number of thiophene rings is 1. The second-order valence-corrected chi connectivity index (χ2v) is 7.34. The summed E-state index contributed by atoms with van der Waals surface area (Å²) in [5, 5.41) is 8.46. The molecule has 0 aliphatic heterocycles. The van der Waals surface area contributed by atoms with Crippen LogP contribution >= 0.6 is 22.9 Å². The monoisotopic (exact) mass is 416 g/mol. The van der Waals surface area contributed by atoms with E-state index in [0.717, 1.165) is 4.57 Å². The number of aryl methyl sites for hydroxylation is 1. The van der Waals surface area contributed by atoms with Crippen LogP contribution in [-0.2, 0) is 11.3 Å². The summed E-state index contributed by atoms with van der Waals surface area (Å²) in [4.78, 5) is 38.3. The van der Waals surface area contributed by atoms with Crippen molar-refractivity contribution in [3.63, 3.8) is 0 Å². The van der Waals surface area contributed by atoms with Gasteiger partial charge in [-0.05, 0) is 42.6 Å². The lowest BCUT2D eigenvalue weighted by Crippen LogP contribution is -2.40. The molecule has 1 N–H and O–H groups in total. The number of benzene rings is 1. The molecular weight excluding hydrogens is 404 g/mol. The first kappa shape index (κ1) is 18.2. The highest BCUT2D eigenvalue weighted by Crippen LogP contribution is 2.17. The number of nitrogens with one attached hydrogen (secondary N) is 1. The zero-order valence-corrected chi connectivity index (χ0v) is 16.1. The largest absolute Gasteiger partial charge is 0.360 e. The number of aromatic nitrogens is 3. The molecule has 28 heavy (non-hydrogen) atoms. The van der Waals surface area contributed by atoms with Crippen molar-refractivity contribution in [1.82, 2.24) is 14.3 Å². The van der Waals surface area contributed by atoms with Crippen LogP contribution in [0.1, 0.15) is 5.76 Å². The van der Waals surface area contributed by atoms with Crippen LogP contribution in [-0.4, -0.2) is 20.2 Å². The van der Waals surface area contributed by atoms with Gasteiger partial charge in [-0.2, -0.15) is 0 Å². The Morgan fingerprint density at radius 3 is 2.68 bits per heavy atom. The highest BCUT2D eigenvalue weighted by molar-refractivity contribution is 7.17. The predicted octanol–water partition coefficient (Wildman–Crippen LogP) is 2.80. The Hall–Kier alpha value is -3.17. The van der Waals surface area contributed by atoms with Gasteiger partial charge in [-0.3, -0.25) is 14.2 Å². The SMILES string of the molecule is Cc1cc(NC(=O)Cn2c(=O)n(-c3ccc(Cl)cc3)c(=O)c3sccc32)no1. The number of carbonyl (C=O) groups is 1. The Bertz CT molecular complexity index is 1300. The molecule has 4 aromatic rings. The lowest BCUT2D eigenvalue weighted by atomic mass is 10.3. The van der Waals surface area contributed by atoms with Crippen molar-refractivity contribution >= 4 is 44.9 Å². The van der Waals surface area contributed by atoms with E-state index in [1.165, 1.54) is 15.9 Å². The average Bonchev–Trinajstić information content (AvgIpc) is 3.29. The summed E-state index contributed by atoms with van der Waals surface area (Å²) in [6, 6.07) is 9.54. The molecule has 10 heteroatoms. The first-order valence-corrected chi connectivity index (χ1v) is 9.42. The van der Waals surface area contributed by atoms with Crippen LogP contribution in [0.15, 0.2) is 55.9 Å². The smallest absolute Gasteiger partial charge is 0.336 e. The van der Waals surface area contributed by atoms with Gasteiger partial charge in [-0.15, -0.1) is 11.3 Å². The molecule has 0 unspecified atom stereocenters. The summed E-state index contributed by atoms with van der Waals surface area (Å²) in [6.07, 6.45) is 0. The number of carbonyl (C=O) groups excluding carboxylic acids is 1. The second kappa shape index (κ2) is 7.10. The van der Waals surface area contributed by atoms with Gasteiger partial charge in [0.1, 0.15) is 17.0 Å². The molecule has 0 spiro atoms. The molecule has 0 fully saturated rings. The van der Waals surface area contributed by atoms with Gasteiger partial charge in [0, 0.05) is 11.1 Å². The van der Waals surface area contributed by atoms with Gasteiger partial charge >= 0.3 is 5.69 Å². The molecule has 1 amide bonds. The van der Waals surface area contributed by atoms with Crippen molar-refractivity contribution in [3.8, 4) is 5.69 Å². The highest BCUT2D eigenvalue weighted by atomic mass is 35.5. The molecule has 4 rings (SSSR count). The highest BCUT2D eigenvalue weighted by Gasteiger charge is 2.18. The number of hydrogen-bond acceptors (Lipinski definition) is 6. The normalized spacial score (nSPS) is 11.1. The van der Waals surface area contributed by atoms with Crippen LogP contribution in [0.4, 0.5) is 5.82 Å². The molecule has 1 aromatic carbocycles. The Labute approximate surface area is 166 Å². The third-order valence-electron chi connectivity index (χ3n) is 4.04. The van der Waals surface area contributed by atoms with Gasteiger partial charge in [-0.1, -0.05) is 16.8 Å². The molecule has 3 heterocycles. The molecule has 0 aliphatic rings. The molecule has 0 radical (unpaired) electrons. The Kier molecular flexibility index (Phi) is 4.62. The molecular formula is C18H13ClN4O4S. The van der Waals surface area contributed by atoms with E-state index in [9.17, 15) is 14.4 Å². The van der Waals surface area contributed by atoms with E-state index in [0.29, 0.717) is 26.7 Å². The second-order valence-electron chi connectivity index (χ2n) is 5.99. The summed E-state index contributed by atoms with van der Waals surface area (Å²) in [6.45, 7) is 1.41. The zero-order chi connectivity index (χ0) is 19.8. The molecule has 0 aliphatic carbocycles. The van der Waals surface area contributed by atoms with E-state index in [1.54, 1.807) is 48.7 Å². The Balaban J connectivity index is 1.80. The summed E-state index contributed by atoms with van der Waals surface area (Å²) in [7, 11) is 0. The van der Waals surface area contributed by atoms with Crippen molar-refractivity contribution in [3.05, 3.63) is 73.4 Å². The average molecular weight is 417 g/mol. The molecule has 0 atom stereocenters. The summed E-state index contributed by atoms with van der Waals surface area (Å²) in [5.74, 6) is 0.330. The van der Waals surface area contributed by atoms with Gasteiger partial charge in [-0.25, -0.2) is 9.36 Å². The first-order valence-electron chi connectivity index (χ1n) is 8.16. The van der Waals surface area contributed by atoms with E-state index in [1.807, 2.05) is 0 Å². The number of fused-ring (bicyclic) bond motifs is 1. The maximum absolute atomic E-state index is 13.1. The zero-order valence-electron chi connectivity index (χ0n) is 14.5. The summed E-state index contributed by atoms with van der Waals surface area (Å²) >= 11 is 7.11. The minimum Gasteiger partial charge on any atom is -0.360 e. The number of amides is 1. The van der Waals surface area contributed by atoms with Crippen LogP contribution in [0, 0.1) is 6.92 Å². The molecule has 3 aromatic heterocycles. The molecule has 0 bridgehead atoms. The topological polar surface area (TPSA) is 99.1 Å². The van der Waals surface area contributed by atoms with Crippen molar-refractivity contribution in [2.75, 3.05) is 5.32 Å². The molecule has 0 saturated heterocycles. The fourth-order valence-electron chi connectivity index (χ4n) is 2.81. The third-order valence-corrected chi connectivity index (χ3v) is 5.18. The summed E-state index contributed by atoms with van der Waals surface area (Å²) in [5.41, 5.74) is -0.293. The minimum absolute atomic E-state index is 0.253.